The van der Waals surface area contributed by atoms with Gasteiger partial charge in [-0.05, 0) is 32.4 Å². The van der Waals surface area contributed by atoms with E-state index in [2.05, 4.69) is 13.0 Å². The first-order chi connectivity index (χ1) is 6.53. The fraction of sp³-hybridized carbons (Fsp3) is 0.417. The van der Waals surface area contributed by atoms with Gasteiger partial charge < -0.3 is 4.74 Å². The molecule has 1 aromatic rings. The highest BCUT2D eigenvalue weighted by Crippen LogP contribution is 2.39. The van der Waals surface area contributed by atoms with Crippen LogP contribution in [0.4, 0.5) is 0 Å². The van der Waals surface area contributed by atoms with Crippen LogP contribution < -0.4 is 4.74 Å². The summed E-state index contributed by atoms with van der Waals surface area (Å²) in [6, 6.07) is 5.98. The van der Waals surface area contributed by atoms with Gasteiger partial charge in [-0.2, -0.15) is 5.26 Å². The zero-order valence-electron chi connectivity index (χ0n) is 8.72. The van der Waals surface area contributed by atoms with Crippen molar-refractivity contribution in [3.05, 3.63) is 28.8 Å². The maximum atomic E-state index is 8.93. The Balaban J connectivity index is 2.60. The molecule has 0 radical (unpaired) electrons. The molecule has 0 fully saturated rings. The first-order valence-corrected chi connectivity index (χ1v) is 4.75. The molecule has 2 nitrogen and oxygen atoms in total. The zero-order valence-corrected chi connectivity index (χ0v) is 8.72. The van der Waals surface area contributed by atoms with Gasteiger partial charge in [-0.15, -0.1) is 0 Å². The van der Waals surface area contributed by atoms with Gasteiger partial charge in [0.15, 0.2) is 0 Å². The summed E-state index contributed by atoms with van der Waals surface area (Å²) in [5.74, 6) is 0.789. The second-order valence-corrected chi connectivity index (χ2v) is 4.39. The molecule has 2 rings (SSSR count). The van der Waals surface area contributed by atoms with E-state index in [9.17, 15) is 0 Å². The van der Waals surface area contributed by atoms with Crippen LogP contribution in [0.3, 0.4) is 0 Å². The van der Waals surface area contributed by atoms with Gasteiger partial charge in [0.2, 0.25) is 0 Å². The highest BCUT2D eigenvalue weighted by atomic mass is 16.5. The first-order valence-electron chi connectivity index (χ1n) is 4.75. The molecule has 0 amide bonds. The van der Waals surface area contributed by atoms with Crippen molar-refractivity contribution in [1.82, 2.24) is 0 Å². The summed E-state index contributed by atoms with van der Waals surface area (Å²) in [4.78, 5) is 0. The third-order valence-corrected chi connectivity index (χ3v) is 2.60. The molecular formula is C12H13NO. The van der Waals surface area contributed by atoms with Crippen molar-refractivity contribution < 1.29 is 4.74 Å². The van der Waals surface area contributed by atoms with E-state index in [1.165, 1.54) is 11.1 Å². The number of rotatable bonds is 0. The van der Waals surface area contributed by atoms with E-state index in [-0.39, 0.29) is 5.60 Å². The van der Waals surface area contributed by atoms with E-state index in [0.29, 0.717) is 5.56 Å². The highest BCUT2D eigenvalue weighted by Gasteiger charge is 2.32. The lowest BCUT2D eigenvalue weighted by Crippen LogP contribution is -2.24. The number of nitrogens with zero attached hydrogens (tertiary/aromatic N) is 1. The van der Waals surface area contributed by atoms with E-state index in [1.54, 1.807) is 0 Å². The van der Waals surface area contributed by atoms with Crippen molar-refractivity contribution in [1.29, 1.82) is 5.26 Å². The third-order valence-electron chi connectivity index (χ3n) is 2.60. The first kappa shape index (κ1) is 9.08. The van der Waals surface area contributed by atoms with Crippen LogP contribution in [0.25, 0.3) is 0 Å². The molecule has 14 heavy (non-hydrogen) atoms. The molecule has 0 aliphatic carbocycles. The van der Waals surface area contributed by atoms with E-state index < -0.39 is 0 Å². The number of aryl methyl sites for hydroxylation is 1. The molecular weight excluding hydrogens is 174 g/mol. The largest absolute Gasteiger partial charge is 0.486 e. The van der Waals surface area contributed by atoms with Gasteiger partial charge in [-0.3, -0.25) is 0 Å². The summed E-state index contributed by atoms with van der Waals surface area (Å²) in [5, 5.41) is 8.93. The standard InChI is InChI=1S/C12H13NO/c1-8-4-5-9(7-13)11-10(8)6-12(2,3)14-11/h4-5H,6H2,1-3H3. The lowest BCUT2D eigenvalue weighted by Gasteiger charge is -2.17. The van der Waals surface area contributed by atoms with E-state index in [1.807, 2.05) is 26.0 Å². The summed E-state index contributed by atoms with van der Waals surface area (Å²) >= 11 is 0. The minimum atomic E-state index is -0.167. The SMILES string of the molecule is Cc1ccc(C#N)c2c1CC(C)(C)O2. The highest BCUT2D eigenvalue weighted by molar-refractivity contribution is 5.54. The second-order valence-electron chi connectivity index (χ2n) is 4.39. The topological polar surface area (TPSA) is 33.0 Å². The quantitative estimate of drug-likeness (QED) is 0.625. The van der Waals surface area contributed by atoms with Gasteiger partial charge >= 0.3 is 0 Å². The number of ether oxygens (including phenoxy) is 1. The molecule has 1 aliphatic rings. The maximum absolute atomic E-state index is 8.93. The van der Waals surface area contributed by atoms with Crippen molar-refractivity contribution in [3.63, 3.8) is 0 Å². The normalized spacial score (nSPS) is 17.0. The number of hydrogen-bond acceptors (Lipinski definition) is 2. The van der Waals surface area contributed by atoms with Crippen molar-refractivity contribution in [2.75, 3.05) is 0 Å². The van der Waals surface area contributed by atoms with Gasteiger partial charge in [0.25, 0.3) is 0 Å². The average Bonchev–Trinajstić information content (AvgIpc) is 2.42. The third kappa shape index (κ3) is 1.26. The molecule has 72 valence electrons. The summed E-state index contributed by atoms with van der Waals surface area (Å²) in [6.45, 7) is 6.16. The minimum Gasteiger partial charge on any atom is -0.486 e. The van der Waals surface area contributed by atoms with Crippen LogP contribution in [0.15, 0.2) is 12.1 Å². The van der Waals surface area contributed by atoms with Gasteiger partial charge in [-0.25, -0.2) is 0 Å². The van der Waals surface area contributed by atoms with E-state index >= 15 is 0 Å². The Kier molecular flexibility index (Phi) is 1.78. The predicted molar refractivity (Wildman–Crippen MR) is 54.3 cm³/mol. The van der Waals surface area contributed by atoms with Crippen LogP contribution in [0.5, 0.6) is 5.75 Å². The molecule has 0 spiro atoms. The molecule has 0 saturated carbocycles. The molecule has 0 unspecified atom stereocenters. The van der Waals surface area contributed by atoms with Crippen LogP contribution in [0.1, 0.15) is 30.5 Å². The Morgan fingerprint density at radius 2 is 2.14 bits per heavy atom. The Hall–Kier alpha value is -1.49. The summed E-state index contributed by atoms with van der Waals surface area (Å²) in [7, 11) is 0. The Bertz CT molecular complexity index is 427. The van der Waals surface area contributed by atoms with Crippen LogP contribution in [-0.2, 0) is 6.42 Å². The van der Waals surface area contributed by atoms with Gasteiger partial charge in [-0.1, -0.05) is 6.07 Å². The Morgan fingerprint density at radius 3 is 2.79 bits per heavy atom. The second kappa shape index (κ2) is 2.75. The van der Waals surface area contributed by atoms with Crippen LogP contribution in [0.2, 0.25) is 0 Å². The Labute approximate surface area is 84.1 Å². The summed E-state index contributed by atoms with van der Waals surface area (Å²) < 4.78 is 5.77. The van der Waals surface area contributed by atoms with Crippen molar-refractivity contribution in [3.8, 4) is 11.8 Å². The van der Waals surface area contributed by atoms with Crippen molar-refractivity contribution >= 4 is 0 Å². The van der Waals surface area contributed by atoms with Crippen molar-refractivity contribution in [2.24, 2.45) is 0 Å². The Morgan fingerprint density at radius 1 is 1.43 bits per heavy atom. The number of nitriles is 1. The number of benzene rings is 1. The van der Waals surface area contributed by atoms with Crippen LogP contribution >= 0.6 is 0 Å². The molecule has 1 aliphatic heterocycles. The van der Waals surface area contributed by atoms with Crippen LogP contribution in [-0.4, -0.2) is 5.60 Å². The monoisotopic (exact) mass is 187 g/mol. The molecule has 0 atom stereocenters. The zero-order chi connectivity index (χ0) is 10.3. The molecule has 2 heteroatoms. The fourth-order valence-corrected chi connectivity index (χ4v) is 1.89. The smallest absolute Gasteiger partial charge is 0.141 e. The summed E-state index contributed by atoms with van der Waals surface area (Å²) in [6.07, 6.45) is 0.893. The molecule has 0 bridgehead atoms. The molecule has 1 aromatic carbocycles. The molecule has 0 aromatic heterocycles. The van der Waals surface area contributed by atoms with Crippen LogP contribution in [0, 0.1) is 18.3 Å². The molecule has 1 heterocycles. The molecule has 0 N–H and O–H groups in total. The lowest BCUT2D eigenvalue weighted by molar-refractivity contribution is 0.138. The predicted octanol–water partition coefficient (Wildman–Crippen LogP) is 2.58. The number of fused-ring (bicyclic) bond motifs is 1. The minimum absolute atomic E-state index is 0.167. The van der Waals surface area contributed by atoms with Crippen molar-refractivity contribution in [2.45, 2.75) is 32.8 Å². The average molecular weight is 187 g/mol. The number of hydrogen-bond donors (Lipinski definition) is 0. The van der Waals surface area contributed by atoms with E-state index in [4.69, 9.17) is 10.00 Å². The summed E-state index contributed by atoms with van der Waals surface area (Å²) in [5.41, 5.74) is 2.88. The van der Waals surface area contributed by atoms with E-state index in [0.717, 1.165) is 12.2 Å². The van der Waals surface area contributed by atoms with Gasteiger partial charge in [0, 0.05) is 12.0 Å². The fourth-order valence-electron chi connectivity index (χ4n) is 1.89. The van der Waals surface area contributed by atoms with Gasteiger partial charge in [0.1, 0.15) is 17.4 Å². The molecule has 0 saturated heterocycles. The lowest BCUT2D eigenvalue weighted by atomic mass is 9.97. The van der Waals surface area contributed by atoms with Gasteiger partial charge in [0.05, 0.1) is 5.56 Å². The maximum Gasteiger partial charge on any atom is 0.141 e.